The smallest absolute Gasteiger partial charge is 0.407 e. The van der Waals surface area contributed by atoms with E-state index >= 15 is 0 Å². The Balaban J connectivity index is 1.28. The van der Waals surface area contributed by atoms with Gasteiger partial charge in [-0.3, -0.25) is 28.8 Å². The minimum absolute atomic E-state index is 0.0623. The molecule has 5 aliphatic rings. The lowest BCUT2D eigenvalue weighted by molar-refractivity contribution is -0.145. The first kappa shape index (κ1) is 40.7. The summed E-state index contributed by atoms with van der Waals surface area (Å²) in [5, 5.41) is 10.7. The van der Waals surface area contributed by atoms with E-state index < -0.39 is 60.2 Å². The quantitative estimate of drug-likeness (QED) is 0.154. The maximum Gasteiger partial charge on any atom is 0.407 e. The first-order valence-electron chi connectivity index (χ1n) is 19.5. The molecule has 4 fully saturated rings. The molecule has 6 amide bonds. The molecule has 14 heteroatoms. The van der Waals surface area contributed by atoms with Crippen LogP contribution < -0.4 is 21.3 Å². The number of likely N-dealkylation sites (N-methyl/N-ethyl adjacent to an activating group) is 1. The average Bonchev–Trinajstić information content (AvgIpc) is 3.92. The Hall–Kier alpha value is -4.49. The summed E-state index contributed by atoms with van der Waals surface area (Å²) in [5.41, 5.74) is 0.462. The molecule has 4 N–H and O–H groups in total. The second-order valence-electron chi connectivity index (χ2n) is 17.0. The minimum Gasteiger partial charge on any atom is -0.449 e. The van der Waals surface area contributed by atoms with E-state index in [1.807, 2.05) is 32.9 Å². The SMILES string of the molecule is CC(C)COC(=O)N[C@H](C(=O)N1CC2[C@@H]([C@H]1C(=O)NC(C(=O)C(=O)NCC(=O)NC(C(=O)N(C)C)=C1C=CC=CC1)C1CC1C)C2(C)C)C1CCCCC1. The molecule has 5 rings (SSSR count). The molecule has 0 radical (unpaired) electrons. The fourth-order valence-electron chi connectivity index (χ4n) is 8.44. The van der Waals surface area contributed by atoms with E-state index in [2.05, 4.69) is 35.1 Å². The summed E-state index contributed by atoms with van der Waals surface area (Å²) < 4.78 is 5.40. The fraction of sp³-hybridized carbons (Fsp3) is 0.675. The van der Waals surface area contributed by atoms with Crippen molar-refractivity contribution >= 4 is 41.4 Å². The van der Waals surface area contributed by atoms with Gasteiger partial charge in [0.15, 0.2) is 0 Å². The molecule has 1 heterocycles. The highest BCUT2D eigenvalue weighted by Crippen LogP contribution is 2.65. The molecular formula is C40H58N6O8. The Morgan fingerprint density at radius 2 is 1.67 bits per heavy atom. The molecule has 0 aromatic carbocycles. The fourth-order valence-corrected chi connectivity index (χ4v) is 8.44. The van der Waals surface area contributed by atoms with Crippen LogP contribution in [0.1, 0.15) is 79.6 Å². The van der Waals surface area contributed by atoms with Crippen LogP contribution in [-0.2, 0) is 33.5 Å². The summed E-state index contributed by atoms with van der Waals surface area (Å²) in [5.74, 6) is -4.16. The number of rotatable bonds is 14. The Morgan fingerprint density at radius 1 is 0.981 bits per heavy atom. The molecule has 0 spiro atoms. The van der Waals surface area contributed by atoms with Crippen LogP contribution in [0.5, 0.6) is 0 Å². The lowest BCUT2D eigenvalue weighted by atomic mass is 9.83. The number of hydrogen-bond acceptors (Lipinski definition) is 8. The number of amides is 6. The van der Waals surface area contributed by atoms with Gasteiger partial charge in [-0.1, -0.05) is 78.2 Å². The number of carbonyl (C=O) groups is 7. The highest BCUT2D eigenvalue weighted by molar-refractivity contribution is 6.39. The van der Waals surface area contributed by atoms with Crippen LogP contribution in [0.3, 0.4) is 0 Å². The van der Waals surface area contributed by atoms with Crippen molar-refractivity contribution in [2.75, 3.05) is 33.8 Å². The summed E-state index contributed by atoms with van der Waals surface area (Å²) in [4.78, 5) is 97.2. The van der Waals surface area contributed by atoms with Crippen molar-refractivity contribution in [3.8, 4) is 0 Å². The van der Waals surface area contributed by atoms with Crippen molar-refractivity contribution in [2.24, 2.45) is 40.9 Å². The van der Waals surface area contributed by atoms with Crippen LogP contribution >= 0.6 is 0 Å². The molecule has 4 unspecified atom stereocenters. The summed E-state index contributed by atoms with van der Waals surface area (Å²) in [6.07, 6.45) is 12.0. The van der Waals surface area contributed by atoms with E-state index in [4.69, 9.17) is 4.74 Å². The van der Waals surface area contributed by atoms with E-state index in [9.17, 15) is 33.6 Å². The molecular weight excluding hydrogens is 692 g/mol. The van der Waals surface area contributed by atoms with Crippen LogP contribution in [-0.4, -0.2) is 103 Å². The molecule has 4 aliphatic carbocycles. The van der Waals surface area contributed by atoms with Crippen molar-refractivity contribution in [1.29, 1.82) is 0 Å². The number of allylic oxidation sites excluding steroid dienone is 5. The molecule has 3 saturated carbocycles. The molecule has 54 heavy (non-hydrogen) atoms. The molecule has 0 bridgehead atoms. The number of ether oxygens (including phenoxy) is 1. The van der Waals surface area contributed by atoms with Crippen LogP contribution in [0.15, 0.2) is 35.6 Å². The lowest BCUT2D eigenvalue weighted by Crippen LogP contribution is -2.60. The molecule has 7 atom stereocenters. The van der Waals surface area contributed by atoms with Gasteiger partial charge in [-0.15, -0.1) is 0 Å². The molecule has 296 valence electrons. The van der Waals surface area contributed by atoms with Gasteiger partial charge in [0, 0.05) is 20.6 Å². The second kappa shape index (κ2) is 16.9. The van der Waals surface area contributed by atoms with Crippen LogP contribution in [0.25, 0.3) is 0 Å². The number of nitrogens with one attached hydrogen (secondary N) is 4. The van der Waals surface area contributed by atoms with E-state index in [1.54, 1.807) is 31.1 Å². The van der Waals surface area contributed by atoms with Crippen molar-refractivity contribution in [2.45, 2.75) is 97.7 Å². The van der Waals surface area contributed by atoms with E-state index in [0.717, 1.165) is 32.1 Å². The van der Waals surface area contributed by atoms with Gasteiger partial charge in [0.25, 0.3) is 11.8 Å². The number of ketones is 1. The summed E-state index contributed by atoms with van der Waals surface area (Å²) in [6, 6.07) is -2.90. The molecule has 14 nitrogen and oxygen atoms in total. The van der Waals surface area contributed by atoms with Gasteiger partial charge in [0.2, 0.25) is 23.5 Å². The zero-order valence-corrected chi connectivity index (χ0v) is 32.7. The van der Waals surface area contributed by atoms with Gasteiger partial charge in [0.05, 0.1) is 13.2 Å². The number of Topliss-reactive ketones (excluding diaryl/α,β-unsaturated/α-hetero) is 1. The normalized spacial score (nSPS) is 27.2. The minimum atomic E-state index is -1.15. The van der Waals surface area contributed by atoms with Gasteiger partial charge in [0.1, 0.15) is 23.8 Å². The largest absolute Gasteiger partial charge is 0.449 e. The van der Waals surface area contributed by atoms with Crippen molar-refractivity contribution in [3.05, 3.63) is 35.6 Å². The van der Waals surface area contributed by atoms with Gasteiger partial charge >= 0.3 is 6.09 Å². The number of hydrogen-bond donors (Lipinski definition) is 4. The third-order valence-electron chi connectivity index (χ3n) is 11.9. The maximum atomic E-state index is 14.4. The summed E-state index contributed by atoms with van der Waals surface area (Å²) in [6.45, 7) is 9.89. The number of alkyl carbamates (subject to hydrolysis) is 1. The molecule has 1 saturated heterocycles. The van der Waals surface area contributed by atoms with Crippen molar-refractivity contribution in [3.63, 3.8) is 0 Å². The average molecular weight is 751 g/mol. The Bertz CT molecular complexity index is 1610. The third-order valence-corrected chi connectivity index (χ3v) is 11.9. The van der Waals surface area contributed by atoms with Gasteiger partial charge in [-0.25, -0.2) is 4.79 Å². The Labute approximate surface area is 318 Å². The highest BCUT2D eigenvalue weighted by Gasteiger charge is 2.70. The predicted molar refractivity (Wildman–Crippen MR) is 200 cm³/mol. The zero-order chi connectivity index (χ0) is 39.5. The van der Waals surface area contributed by atoms with Gasteiger partial charge in [-0.2, -0.15) is 0 Å². The van der Waals surface area contributed by atoms with Crippen molar-refractivity contribution in [1.82, 2.24) is 31.1 Å². The van der Waals surface area contributed by atoms with Crippen LogP contribution in [0.2, 0.25) is 0 Å². The van der Waals surface area contributed by atoms with Crippen LogP contribution in [0.4, 0.5) is 4.79 Å². The monoisotopic (exact) mass is 750 g/mol. The number of piperidine rings is 1. The van der Waals surface area contributed by atoms with E-state index in [1.165, 1.54) is 4.90 Å². The van der Waals surface area contributed by atoms with E-state index in [0.29, 0.717) is 25.0 Å². The van der Waals surface area contributed by atoms with Crippen molar-refractivity contribution < 1.29 is 38.3 Å². The zero-order valence-electron chi connectivity index (χ0n) is 32.7. The van der Waals surface area contributed by atoms with Crippen LogP contribution in [0, 0.1) is 40.9 Å². The first-order valence-corrected chi connectivity index (χ1v) is 19.5. The number of fused-ring (bicyclic) bond motifs is 1. The van der Waals surface area contributed by atoms with Gasteiger partial charge < -0.3 is 35.8 Å². The summed E-state index contributed by atoms with van der Waals surface area (Å²) >= 11 is 0. The van der Waals surface area contributed by atoms with Gasteiger partial charge in [-0.05, 0) is 72.2 Å². The molecule has 0 aromatic rings. The third kappa shape index (κ3) is 9.23. The topological polar surface area (TPSA) is 183 Å². The molecule has 0 aromatic heterocycles. The molecule has 1 aliphatic heterocycles. The highest BCUT2D eigenvalue weighted by atomic mass is 16.5. The number of carbonyl (C=O) groups excluding carboxylic acids is 7. The maximum absolute atomic E-state index is 14.4. The standard InChI is InChI=1S/C40H58N6O8/c1-22(2)21-54-39(53)44-31(25-16-12-9-13-17-25)38(52)46-20-27-29(40(27,4)5)33(46)35(49)43-32(26-18-23(26)3)34(48)36(50)41-19-28(47)42-30(37(51)45(6)7)24-14-10-8-11-15-24/h8,10-11,14,22-23,25-27,29,31-33H,9,12-13,15-21H2,1-7H3,(H,41,50)(H,42,47)(H,43,49)(H,44,53)/t23?,26?,27?,29-,31-,32?,33-/m0/s1. The first-order chi connectivity index (χ1) is 25.5. The lowest BCUT2D eigenvalue weighted by Gasteiger charge is -2.37. The Morgan fingerprint density at radius 3 is 2.26 bits per heavy atom. The second-order valence-corrected chi connectivity index (χ2v) is 17.0. The van der Waals surface area contributed by atoms with E-state index in [-0.39, 0.29) is 59.1 Å². The number of likely N-dealkylation sites (tertiary alicyclic amines) is 1. The Kier molecular flexibility index (Phi) is 12.7. The predicted octanol–water partition coefficient (Wildman–Crippen LogP) is 2.60. The summed E-state index contributed by atoms with van der Waals surface area (Å²) in [7, 11) is 3.13. The number of nitrogens with zero attached hydrogens (tertiary/aromatic N) is 2.